The van der Waals surface area contributed by atoms with E-state index in [0.29, 0.717) is 0 Å². The number of rotatable bonds is 5. The van der Waals surface area contributed by atoms with E-state index in [1.165, 1.54) is 0 Å². The highest BCUT2D eigenvalue weighted by atomic mass is 32.2. The van der Waals surface area contributed by atoms with Gasteiger partial charge in [0.25, 0.3) is 5.69 Å². The van der Waals surface area contributed by atoms with Crippen molar-refractivity contribution >= 4 is 21.7 Å². The van der Waals surface area contributed by atoms with Crippen molar-refractivity contribution in [3.05, 3.63) is 34.4 Å². The first-order chi connectivity index (χ1) is 9.79. The molecule has 9 nitrogen and oxygen atoms in total. The summed E-state index contributed by atoms with van der Waals surface area (Å²) in [7, 11) is -3.84. The van der Waals surface area contributed by atoms with Crippen molar-refractivity contribution in [1.82, 2.24) is 10.0 Å². The third-order valence-corrected chi connectivity index (χ3v) is 4.65. The Morgan fingerprint density at radius 2 is 2.00 bits per heavy atom. The summed E-state index contributed by atoms with van der Waals surface area (Å²) in [6.07, 6.45) is 0.140. The fraction of sp³-hybridized carbons (Fsp3) is 0.364. The van der Waals surface area contributed by atoms with E-state index in [9.17, 15) is 23.3 Å². The van der Waals surface area contributed by atoms with Gasteiger partial charge in [0.2, 0.25) is 10.0 Å². The van der Waals surface area contributed by atoms with Crippen LogP contribution in [0.1, 0.15) is 6.42 Å². The van der Waals surface area contributed by atoms with Crippen LogP contribution in [0.3, 0.4) is 0 Å². The molecule has 1 aromatic carbocycles. The second-order valence-corrected chi connectivity index (χ2v) is 6.32. The van der Waals surface area contributed by atoms with E-state index in [-0.39, 0.29) is 23.5 Å². The molecule has 10 heteroatoms. The molecule has 2 rings (SSSR count). The second-order valence-electron chi connectivity index (χ2n) is 4.60. The SMILES string of the molecule is O=C(O)[C@@H]1C[C@@H](NS(=O)(=O)c2ccc([N+](=O)[O-])cc2)CN1. The lowest BCUT2D eigenvalue weighted by Crippen LogP contribution is -2.36. The Morgan fingerprint density at radius 1 is 1.38 bits per heavy atom. The predicted octanol–water partition coefficient (Wildman–Crippen LogP) is -0.312. The van der Waals surface area contributed by atoms with Gasteiger partial charge in [-0.1, -0.05) is 0 Å². The lowest BCUT2D eigenvalue weighted by atomic mass is 10.2. The quantitative estimate of drug-likeness (QED) is 0.500. The van der Waals surface area contributed by atoms with Crippen LogP contribution < -0.4 is 10.0 Å². The predicted molar refractivity (Wildman–Crippen MR) is 71.2 cm³/mol. The van der Waals surface area contributed by atoms with Crippen molar-refractivity contribution in [3.8, 4) is 0 Å². The number of carbonyl (C=O) groups is 1. The summed E-state index contributed by atoms with van der Waals surface area (Å²) in [5.41, 5.74) is -0.206. The fourth-order valence-corrected chi connectivity index (χ4v) is 3.30. The van der Waals surface area contributed by atoms with Crippen molar-refractivity contribution < 1.29 is 23.2 Å². The molecular weight excluding hydrogens is 302 g/mol. The minimum absolute atomic E-state index is 0.105. The summed E-state index contributed by atoms with van der Waals surface area (Å²) < 4.78 is 26.6. The molecule has 0 spiro atoms. The molecule has 0 bridgehead atoms. The average Bonchev–Trinajstić information content (AvgIpc) is 2.87. The molecule has 0 amide bonds. The van der Waals surface area contributed by atoms with Gasteiger partial charge in [-0.15, -0.1) is 0 Å². The molecule has 1 heterocycles. The van der Waals surface area contributed by atoms with E-state index in [1.807, 2.05) is 0 Å². The number of nitro groups is 1. The Kier molecular flexibility index (Phi) is 4.21. The van der Waals surface area contributed by atoms with Crippen LogP contribution in [-0.4, -0.2) is 43.0 Å². The lowest BCUT2D eigenvalue weighted by molar-refractivity contribution is -0.384. The number of sulfonamides is 1. The number of nitrogens with one attached hydrogen (secondary N) is 2. The largest absolute Gasteiger partial charge is 0.480 e. The van der Waals surface area contributed by atoms with Gasteiger partial charge in [-0.05, 0) is 18.6 Å². The standard InChI is InChI=1S/C11H13N3O6S/c15-11(16)10-5-7(6-12-10)13-21(19,20)9-3-1-8(2-4-9)14(17)18/h1-4,7,10,12-13H,5-6H2,(H,15,16)/t7-,10+/m1/s1. The van der Waals surface area contributed by atoms with Crippen LogP contribution in [0.2, 0.25) is 0 Å². The van der Waals surface area contributed by atoms with Gasteiger partial charge in [-0.3, -0.25) is 14.9 Å². The van der Waals surface area contributed by atoms with E-state index < -0.39 is 33.0 Å². The average molecular weight is 315 g/mol. The summed E-state index contributed by atoms with van der Waals surface area (Å²) >= 11 is 0. The minimum Gasteiger partial charge on any atom is -0.480 e. The number of nitrogens with zero attached hydrogens (tertiary/aromatic N) is 1. The zero-order valence-corrected chi connectivity index (χ0v) is 11.5. The third kappa shape index (κ3) is 3.54. The molecule has 1 saturated heterocycles. The maximum Gasteiger partial charge on any atom is 0.320 e. The Hall–Kier alpha value is -2.04. The van der Waals surface area contributed by atoms with Crippen molar-refractivity contribution in [1.29, 1.82) is 0 Å². The Balaban J connectivity index is 2.08. The van der Waals surface area contributed by atoms with Gasteiger partial charge >= 0.3 is 5.97 Å². The van der Waals surface area contributed by atoms with Crippen molar-refractivity contribution in [2.75, 3.05) is 6.54 Å². The first kappa shape index (κ1) is 15.4. The molecule has 1 aliphatic rings. The Labute approximate surface area is 120 Å². The summed E-state index contributed by atoms with van der Waals surface area (Å²) in [6, 6.07) is 3.15. The van der Waals surface area contributed by atoms with E-state index >= 15 is 0 Å². The lowest BCUT2D eigenvalue weighted by Gasteiger charge is -2.12. The molecule has 114 valence electrons. The van der Waals surface area contributed by atoms with Crippen LogP contribution in [0.15, 0.2) is 29.2 Å². The maximum atomic E-state index is 12.1. The van der Waals surface area contributed by atoms with E-state index in [4.69, 9.17) is 5.11 Å². The molecule has 1 fully saturated rings. The number of aliphatic carboxylic acids is 1. The van der Waals surface area contributed by atoms with Gasteiger partial charge in [0.05, 0.1) is 9.82 Å². The highest BCUT2D eigenvalue weighted by Crippen LogP contribution is 2.17. The number of carboxylic acids is 1. The topological polar surface area (TPSA) is 139 Å². The molecule has 21 heavy (non-hydrogen) atoms. The molecule has 0 radical (unpaired) electrons. The first-order valence-electron chi connectivity index (χ1n) is 6.02. The molecular formula is C11H13N3O6S. The summed E-state index contributed by atoms with van der Waals surface area (Å²) in [5, 5.41) is 22.0. The number of benzene rings is 1. The van der Waals surface area contributed by atoms with Gasteiger partial charge in [0.15, 0.2) is 0 Å². The molecule has 0 aliphatic carbocycles. The normalized spacial score (nSPS) is 22.1. The van der Waals surface area contributed by atoms with Crippen molar-refractivity contribution in [2.24, 2.45) is 0 Å². The molecule has 0 aromatic heterocycles. The number of non-ortho nitro benzene ring substituents is 1. The summed E-state index contributed by atoms with van der Waals surface area (Å²) in [6.45, 7) is 0.211. The molecule has 3 N–H and O–H groups in total. The smallest absolute Gasteiger partial charge is 0.320 e. The summed E-state index contributed by atoms with van der Waals surface area (Å²) in [5.74, 6) is -1.04. The van der Waals surface area contributed by atoms with E-state index in [1.54, 1.807) is 0 Å². The first-order valence-corrected chi connectivity index (χ1v) is 7.51. The maximum absolute atomic E-state index is 12.1. The fourth-order valence-electron chi connectivity index (χ4n) is 2.05. The number of carboxylic acid groups (broad SMARTS) is 1. The highest BCUT2D eigenvalue weighted by Gasteiger charge is 2.32. The van der Waals surface area contributed by atoms with Gasteiger partial charge in [-0.25, -0.2) is 13.1 Å². The molecule has 0 unspecified atom stereocenters. The van der Waals surface area contributed by atoms with Crippen LogP contribution in [0.4, 0.5) is 5.69 Å². The van der Waals surface area contributed by atoms with Crippen LogP contribution in [0.25, 0.3) is 0 Å². The van der Waals surface area contributed by atoms with E-state index in [0.717, 1.165) is 24.3 Å². The number of hydrogen-bond donors (Lipinski definition) is 3. The van der Waals surface area contributed by atoms with Crippen LogP contribution in [-0.2, 0) is 14.8 Å². The zero-order valence-electron chi connectivity index (χ0n) is 10.7. The van der Waals surface area contributed by atoms with Gasteiger partial charge < -0.3 is 10.4 Å². The zero-order chi connectivity index (χ0) is 15.6. The van der Waals surface area contributed by atoms with Crippen LogP contribution >= 0.6 is 0 Å². The van der Waals surface area contributed by atoms with Crippen LogP contribution in [0, 0.1) is 10.1 Å². The molecule has 2 atom stereocenters. The van der Waals surface area contributed by atoms with Gasteiger partial charge in [-0.2, -0.15) is 0 Å². The third-order valence-electron chi connectivity index (χ3n) is 3.11. The molecule has 1 aromatic rings. The van der Waals surface area contributed by atoms with Crippen molar-refractivity contribution in [3.63, 3.8) is 0 Å². The van der Waals surface area contributed by atoms with E-state index in [2.05, 4.69) is 10.0 Å². The van der Waals surface area contributed by atoms with Crippen molar-refractivity contribution in [2.45, 2.75) is 23.4 Å². The second kappa shape index (κ2) is 5.76. The van der Waals surface area contributed by atoms with Gasteiger partial charge in [0, 0.05) is 24.7 Å². The number of hydrogen-bond acceptors (Lipinski definition) is 6. The Bertz CT molecular complexity index is 657. The van der Waals surface area contributed by atoms with Crippen LogP contribution in [0.5, 0.6) is 0 Å². The minimum atomic E-state index is -3.84. The number of nitro benzene ring substituents is 1. The Morgan fingerprint density at radius 3 is 2.48 bits per heavy atom. The molecule has 0 saturated carbocycles. The summed E-state index contributed by atoms with van der Waals surface area (Å²) in [4.78, 5) is 20.6. The highest BCUT2D eigenvalue weighted by molar-refractivity contribution is 7.89. The van der Waals surface area contributed by atoms with Gasteiger partial charge in [0.1, 0.15) is 6.04 Å². The molecule has 1 aliphatic heterocycles. The monoisotopic (exact) mass is 315 g/mol.